The highest BCUT2D eigenvalue weighted by Gasteiger charge is 2.13. The molecule has 0 aromatic carbocycles. The Hall–Kier alpha value is -0.940. The Morgan fingerprint density at radius 3 is 3.00 bits per heavy atom. The Bertz CT molecular complexity index is 323. The molecule has 0 fully saturated rings. The molecule has 15 heavy (non-hydrogen) atoms. The lowest BCUT2D eigenvalue weighted by Crippen LogP contribution is -2.09. The predicted octanol–water partition coefficient (Wildman–Crippen LogP) is 2.12. The summed E-state index contributed by atoms with van der Waals surface area (Å²) in [5.41, 5.74) is 6.01. The Morgan fingerprint density at radius 1 is 1.73 bits per heavy atom. The minimum Gasteiger partial charge on any atom is -0.461 e. The maximum absolute atomic E-state index is 11.4. The number of nitrogens with two attached hydrogens (primary N) is 1. The van der Waals surface area contributed by atoms with Crippen LogP contribution in [0.1, 0.15) is 48.2 Å². The molecule has 0 amide bonds. The van der Waals surface area contributed by atoms with Crippen molar-refractivity contribution < 1.29 is 9.53 Å². The van der Waals surface area contributed by atoms with Crippen LogP contribution in [0.4, 0.5) is 0 Å². The monoisotopic (exact) mass is 228 g/mol. The first-order valence-electron chi connectivity index (χ1n) is 5.03. The number of esters is 1. The smallest absolute Gasteiger partial charge is 0.357 e. The number of carbonyl (C=O) groups is 1. The lowest BCUT2D eigenvalue weighted by Gasteiger charge is -2.00. The predicted molar refractivity (Wildman–Crippen MR) is 59.9 cm³/mol. The van der Waals surface area contributed by atoms with E-state index in [1.807, 2.05) is 13.8 Å². The van der Waals surface area contributed by atoms with Crippen LogP contribution in [0.25, 0.3) is 0 Å². The van der Waals surface area contributed by atoms with Crippen LogP contribution in [0.2, 0.25) is 0 Å². The van der Waals surface area contributed by atoms with Crippen LogP contribution in [0.3, 0.4) is 0 Å². The summed E-state index contributed by atoms with van der Waals surface area (Å²) in [7, 11) is 0. The molecule has 0 radical (unpaired) electrons. The van der Waals surface area contributed by atoms with Gasteiger partial charge in [0.25, 0.3) is 0 Å². The highest BCUT2D eigenvalue weighted by Crippen LogP contribution is 2.16. The summed E-state index contributed by atoms with van der Waals surface area (Å²) in [6.07, 6.45) is 1.89. The molecule has 1 atom stereocenters. The minimum absolute atomic E-state index is 0.132. The van der Waals surface area contributed by atoms with E-state index in [9.17, 15) is 4.79 Å². The fourth-order valence-corrected chi connectivity index (χ4v) is 1.72. The van der Waals surface area contributed by atoms with Crippen molar-refractivity contribution in [1.82, 2.24) is 4.98 Å². The topological polar surface area (TPSA) is 65.2 Å². The molecule has 4 nitrogen and oxygen atoms in total. The average molecular weight is 228 g/mol. The van der Waals surface area contributed by atoms with Gasteiger partial charge in [0.1, 0.15) is 5.01 Å². The molecular formula is C10H16N2O2S. The minimum atomic E-state index is -0.355. The Kier molecular flexibility index (Phi) is 4.71. The molecule has 84 valence electrons. The van der Waals surface area contributed by atoms with Gasteiger partial charge in [-0.05, 0) is 13.3 Å². The van der Waals surface area contributed by atoms with Crippen LogP contribution in [-0.2, 0) is 4.74 Å². The molecule has 1 aromatic rings. The number of ether oxygens (including phenoxy) is 1. The highest BCUT2D eigenvalue weighted by atomic mass is 32.1. The molecule has 0 aliphatic carbocycles. The third-order valence-electron chi connectivity index (χ3n) is 1.85. The first-order valence-corrected chi connectivity index (χ1v) is 5.91. The van der Waals surface area contributed by atoms with Crippen molar-refractivity contribution in [2.24, 2.45) is 5.73 Å². The largest absolute Gasteiger partial charge is 0.461 e. The molecule has 0 saturated heterocycles. The van der Waals surface area contributed by atoms with Gasteiger partial charge < -0.3 is 10.5 Å². The fourth-order valence-electron chi connectivity index (χ4n) is 0.974. The van der Waals surface area contributed by atoms with Gasteiger partial charge in [0.2, 0.25) is 0 Å². The van der Waals surface area contributed by atoms with Crippen LogP contribution in [0.15, 0.2) is 5.38 Å². The first-order chi connectivity index (χ1) is 7.15. The van der Waals surface area contributed by atoms with Crippen molar-refractivity contribution in [2.75, 3.05) is 6.61 Å². The van der Waals surface area contributed by atoms with Crippen LogP contribution in [0, 0.1) is 0 Å². The number of nitrogens with zero attached hydrogens (tertiary/aromatic N) is 1. The van der Waals surface area contributed by atoms with Gasteiger partial charge >= 0.3 is 5.97 Å². The summed E-state index contributed by atoms with van der Waals surface area (Å²) in [5.74, 6) is -0.355. The number of aromatic nitrogens is 1. The van der Waals surface area contributed by atoms with Crippen LogP contribution in [-0.4, -0.2) is 17.6 Å². The third-order valence-corrected chi connectivity index (χ3v) is 2.90. The van der Waals surface area contributed by atoms with Gasteiger partial charge in [-0.15, -0.1) is 11.3 Å². The molecule has 5 heteroatoms. The van der Waals surface area contributed by atoms with E-state index in [1.165, 1.54) is 11.3 Å². The maximum Gasteiger partial charge on any atom is 0.357 e. The van der Waals surface area contributed by atoms with E-state index in [0.717, 1.165) is 17.8 Å². The molecule has 2 N–H and O–H groups in total. The molecule has 0 bridgehead atoms. The number of hydrogen-bond donors (Lipinski definition) is 1. The zero-order chi connectivity index (χ0) is 11.3. The Morgan fingerprint density at radius 2 is 2.47 bits per heavy atom. The molecule has 1 aromatic heterocycles. The summed E-state index contributed by atoms with van der Waals surface area (Å²) < 4.78 is 5.03. The summed E-state index contributed by atoms with van der Waals surface area (Å²) in [4.78, 5) is 15.5. The zero-order valence-corrected chi connectivity index (χ0v) is 9.84. The van der Waals surface area contributed by atoms with Gasteiger partial charge in [0.15, 0.2) is 5.69 Å². The SMILES string of the molecule is CCCCOC(=O)c1csc(C(C)N)n1. The van der Waals surface area contributed by atoms with E-state index in [-0.39, 0.29) is 12.0 Å². The van der Waals surface area contributed by atoms with Crippen molar-refractivity contribution in [3.63, 3.8) is 0 Å². The maximum atomic E-state index is 11.4. The number of unbranched alkanes of at least 4 members (excludes halogenated alkanes) is 1. The molecule has 1 rings (SSSR count). The first kappa shape index (κ1) is 12.1. The summed E-state index contributed by atoms with van der Waals surface area (Å²) in [6.45, 7) is 4.34. The number of carbonyl (C=O) groups excluding carboxylic acids is 1. The Labute approximate surface area is 93.5 Å². The number of rotatable bonds is 5. The molecule has 0 saturated carbocycles. The molecule has 0 aliphatic heterocycles. The van der Waals surface area contributed by atoms with Crippen LogP contribution in [0.5, 0.6) is 0 Å². The van der Waals surface area contributed by atoms with E-state index in [1.54, 1.807) is 5.38 Å². The lowest BCUT2D eigenvalue weighted by molar-refractivity contribution is 0.0493. The molecule has 1 unspecified atom stereocenters. The number of thiazole rings is 1. The van der Waals surface area contributed by atoms with Crippen molar-refractivity contribution in [2.45, 2.75) is 32.7 Å². The van der Waals surface area contributed by atoms with Crippen molar-refractivity contribution in [3.8, 4) is 0 Å². The van der Waals surface area contributed by atoms with Gasteiger partial charge in [-0.3, -0.25) is 0 Å². The molecule has 1 heterocycles. The van der Waals surface area contributed by atoms with Gasteiger partial charge in [0, 0.05) is 5.38 Å². The standard InChI is InChI=1S/C10H16N2O2S/c1-3-4-5-14-10(13)8-6-15-9(12-8)7(2)11/h6-7H,3-5,11H2,1-2H3. The summed E-state index contributed by atoms with van der Waals surface area (Å²) in [5, 5.41) is 2.45. The molecular weight excluding hydrogens is 212 g/mol. The highest BCUT2D eigenvalue weighted by molar-refractivity contribution is 7.09. The van der Waals surface area contributed by atoms with Gasteiger partial charge in [-0.25, -0.2) is 9.78 Å². The summed E-state index contributed by atoms with van der Waals surface area (Å²) >= 11 is 1.39. The Balaban J connectivity index is 2.51. The van der Waals surface area contributed by atoms with Gasteiger partial charge in [-0.1, -0.05) is 13.3 Å². The van der Waals surface area contributed by atoms with Crippen molar-refractivity contribution in [3.05, 3.63) is 16.1 Å². The van der Waals surface area contributed by atoms with Crippen LogP contribution >= 0.6 is 11.3 Å². The summed E-state index contributed by atoms with van der Waals surface area (Å²) in [6, 6.07) is -0.132. The van der Waals surface area contributed by atoms with E-state index in [4.69, 9.17) is 10.5 Å². The van der Waals surface area contributed by atoms with Crippen LogP contribution < -0.4 is 5.73 Å². The van der Waals surface area contributed by atoms with E-state index in [2.05, 4.69) is 4.98 Å². The zero-order valence-electron chi connectivity index (χ0n) is 9.03. The van der Waals surface area contributed by atoms with E-state index in [0.29, 0.717) is 12.3 Å². The quantitative estimate of drug-likeness (QED) is 0.619. The molecule has 0 aliphatic rings. The normalized spacial score (nSPS) is 12.5. The number of hydrogen-bond acceptors (Lipinski definition) is 5. The third kappa shape index (κ3) is 3.60. The van der Waals surface area contributed by atoms with Gasteiger partial charge in [-0.2, -0.15) is 0 Å². The lowest BCUT2D eigenvalue weighted by atomic mass is 10.3. The van der Waals surface area contributed by atoms with Crippen molar-refractivity contribution >= 4 is 17.3 Å². The van der Waals surface area contributed by atoms with E-state index < -0.39 is 0 Å². The average Bonchev–Trinajstić information content (AvgIpc) is 2.66. The van der Waals surface area contributed by atoms with E-state index >= 15 is 0 Å². The van der Waals surface area contributed by atoms with Crippen molar-refractivity contribution in [1.29, 1.82) is 0 Å². The molecule has 0 spiro atoms. The van der Waals surface area contributed by atoms with Gasteiger partial charge in [0.05, 0.1) is 12.6 Å². The fraction of sp³-hybridized carbons (Fsp3) is 0.600. The second-order valence-electron chi connectivity index (χ2n) is 3.35. The second-order valence-corrected chi connectivity index (χ2v) is 4.24. The second kappa shape index (κ2) is 5.82.